The predicted molar refractivity (Wildman–Crippen MR) is 95.6 cm³/mol. The summed E-state index contributed by atoms with van der Waals surface area (Å²) in [6.07, 6.45) is 1.08. The molecule has 2 aromatic rings. The van der Waals surface area contributed by atoms with Crippen LogP contribution in [-0.4, -0.2) is 17.8 Å². The largest absolute Gasteiger partial charge is 0.444 e. The maximum Gasteiger partial charge on any atom is 0.407 e. The van der Waals surface area contributed by atoms with E-state index < -0.39 is 11.7 Å². The Bertz CT molecular complexity index is 789. The molecule has 5 nitrogen and oxygen atoms in total. The Morgan fingerprint density at radius 1 is 1.33 bits per heavy atom. The normalized spacial score (nSPS) is 10.8. The van der Waals surface area contributed by atoms with E-state index in [2.05, 4.69) is 10.3 Å². The van der Waals surface area contributed by atoms with Crippen LogP contribution >= 0.6 is 22.9 Å². The lowest BCUT2D eigenvalue weighted by atomic mass is 10.1. The summed E-state index contributed by atoms with van der Waals surface area (Å²) < 4.78 is 5.20. The lowest BCUT2D eigenvalue weighted by Crippen LogP contribution is -2.31. The van der Waals surface area contributed by atoms with Crippen LogP contribution in [0, 0.1) is 0 Å². The number of nitrogens with zero attached hydrogens (tertiary/aromatic N) is 1. The summed E-state index contributed by atoms with van der Waals surface area (Å²) in [6.45, 7) is 5.78. The number of halogens is 1. The summed E-state index contributed by atoms with van der Waals surface area (Å²) in [4.78, 5) is 27.8. The Morgan fingerprint density at radius 2 is 2.08 bits per heavy atom. The first-order valence-corrected chi connectivity index (χ1v) is 8.41. The van der Waals surface area contributed by atoms with Gasteiger partial charge in [0.15, 0.2) is 0 Å². The van der Waals surface area contributed by atoms with Crippen molar-refractivity contribution in [1.29, 1.82) is 0 Å². The average Bonchev–Trinajstić information content (AvgIpc) is 2.94. The van der Waals surface area contributed by atoms with Gasteiger partial charge in [0, 0.05) is 20.3 Å². The van der Waals surface area contributed by atoms with Crippen molar-refractivity contribution >= 4 is 40.8 Å². The molecule has 0 radical (unpaired) electrons. The van der Waals surface area contributed by atoms with Crippen molar-refractivity contribution in [2.45, 2.75) is 32.9 Å². The first-order valence-electron chi connectivity index (χ1n) is 7.22. The molecular weight excluding hydrogens is 348 g/mol. The molecule has 0 aliphatic rings. The first-order chi connectivity index (χ1) is 11.3. The third kappa shape index (κ3) is 5.20. The minimum absolute atomic E-state index is 0.354. The molecule has 1 N–H and O–H groups in total. The number of nitrogens with one attached hydrogen (secondary N) is 1. The number of rotatable bonds is 4. The molecule has 1 amide bonds. The quantitative estimate of drug-likeness (QED) is 0.609. The molecule has 0 bridgehead atoms. The van der Waals surface area contributed by atoms with Crippen LogP contribution in [0.2, 0.25) is 5.02 Å². The zero-order chi connectivity index (χ0) is 17.7. The van der Waals surface area contributed by atoms with Crippen molar-refractivity contribution < 1.29 is 14.3 Å². The van der Waals surface area contributed by atoms with E-state index >= 15 is 0 Å². The highest BCUT2D eigenvalue weighted by Crippen LogP contribution is 2.36. The van der Waals surface area contributed by atoms with Crippen molar-refractivity contribution in [3.63, 3.8) is 0 Å². The maximum absolute atomic E-state index is 11.7. The van der Waals surface area contributed by atoms with Crippen molar-refractivity contribution in [1.82, 2.24) is 5.32 Å². The van der Waals surface area contributed by atoms with Crippen LogP contribution in [-0.2, 0) is 16.1 Å². The number of carbonyl (C=O) groups is 1. The number of isocyanates is 1. The van der Waals surface area contributed by atoms with Crippen LogP contribution in [0.1, 0.15) is 25.6 Å². The molecule has 0 saturated heterocycles. The van der Waals surface area contributed by atoms with Gasteiger partial charge in [0.2, 0.25) is 6.08 Å². The lowest BCUT2D eigenvalue weighted by Gasteiger charge is -2.19. The fraction of sp³-hybridized carbons (Fsp3) is 0.294. The minimum atomic E-state index is -0.535. The van der Waals surface area contributed by atoms with Crippen LogP contribution in [0.3, 0.4) is 0 Å². The Kier molecular flexibility index (Phi) is 5.78. The third-order valence-electron chi connectivity index (χ3n) is 2.86. The monoisotopic (exact) mass is 364 g/mol. The highest BCUT2D eigenvalue weighted by molar-refractivity contribution is 7.15. The molecule has 126 valence electrons. The SMILES string of the molecule is CC(C)(C)OC(=O)NCc1ccc(-c2cc(Cl)ccc2N=C=O)s1. The number of thiophene rings is 1. The molecule has 24 heavy (non-hydrogen) atoms. The number of carbonyl (C=O) groups excluding carboxylic acids is 2. The van der Waals surface area contributed by atoms with Crippen molar-refractivity contribution in [2.75, 3.05) is 0 Å². The highest BCUT2D eigenvalue weighted by atomic mass is 35.5. The molecule has 0 saturated carbocycles. The van der Waals surface area contributed by atoms with E-state index in [9.17, 15) is 9.59 Å². The van der Waals surface area contributed by atoms with E-state index in [1.807, 2.05) is 32.9 Å². The second-order valence-corrected chi connectivity index (χ2v) is 7.59. The molecule has 1 aromatic heterocycles. The summed E-state index contributed by atoms with van der Waals surface area (Å²) in [6, 6.07) is 8.87. The number of alkyl carbamates (subject to hydrolysis) is 1. The van der Waals surface area contributed by atoms with Crippen LogP contribution in [0.25, 0.3) is 10.4 Å². The number of ether oxygens (including phenoxy) is 1. The van der Waals surface area contributed by atoms with Crippen LogP contribution in [0.5, 0.6) is 0 Å². The fourth-order valence-corrected chi connectivity index (χ4v) is 3.09. The summed E-state index contributed by atoms with van der Waals surface area (Å²) in [5, 5.41) is 3.26. The molecule has 0 atom stereocenters. The standard InChI is InChI=1S/C17H17ClN2O3S/c1-17(2,3)23-16(22)19-9-12-5-7-15(24-12)13-8-11(18)4-6-14(13)20-10-21/h4-8H,9H2,1-3H3,(H,19,22). The fourth-order valence-electron chi connectivity index (χ4n) is 1.94. The Labute approximate surface area is 149 Å². The van der Waals surface area contributed by atoms with Gasteiger partial charge in [-0.1, -0.05) is 11.6 Å². The maximum atomic E-state index is 11.7. The van der Waals surface area contributed by atoms with Crippen molar-refractivity contribution in [3.05, 3.63) is 40.2 Å². The number of aliphatic imine (C=N–C) groups is 1. The number of hydrogen-bond acceptors (Lipinski definition) is 5. The minimum Gasteiger partial charge on any atom is -0.444 e. The highest BCUT2D eigenvalue weighted by Gasteiger charge is 2.16. The van der Waals surface area contributed by atoms with E-state index in [-0.39, 0.29) is 0 Å². The van der Waals surface area contributed by atoms with Crippen molar-refractivity contribution in [3.8, 4) is 10.4 Å². The molecule has 2 rings (SSSR count). The molecule has 0 fully saturated rings. The van der Waals surface area contributed by atoms with Gasteiger partial charge in [0.1, 0.15) is 5.60 Å². The van der Waals surface area contributed by atoms with Gasteiger partial charge in [-0.3, -0.25) is 0 Å². The summed E-state index contributed by atoms with van der Waals surface area (Å²) in [5.41, 5.74) is 0.718. The van der Waals surface area contributed by atoms with Gasteiger partial charge in [-0.05, 0) is 51.1 Å². The second-order valence-electron chi connectivity index (χ2n) is 5.99. The van der Waals surface area contributed by atoms with Gasteiger partial charge in [0.25, 0.3) is 0 Å². The number of hydrogen-bond donors (Lipinski definition) is 1. The number of amides is 1. The molecule has 7 heteroatoms. The first kappa shape index (κ1) is 18.2. The van der Waals surface area contributed by atoms with E-state index in [1.165, 1.54) is 11.3 Å². The Morgan fingerprint density at radius 3 is 2.75 bits per heavy atom. The summed E-state index contributed by atoms with van der Waals surface area (Å²) in [7, 11) is 0. The van der Waals surface area contributed by atoms with Crippen LogP contribution in [0.15, 0.2) is 35.3 Å². The zero-order valence-electron chi connectivity index (χ0n) is 13.6. The predicted octanol–water partition coefficient (Wildman–Crippen LogP) is 5.06. The van der Waals surface area contributed by atoms with Gasteiger partial charge in [-0.2, -0.15) is 4.99 Å². The molecule has 0 spiro atoms. The molecule has 1 aromatic carbocycles. The average molecular weight is 365 g/mol. The van der Waals surface area contributed by atoms with Gasteiger partial charge < -0.3 is 10.1 Å². The molecule has 0 unspecified atom stereocenters. The Balaban J connectivity index is 2.13. The summed E-state index contributed by atoms with van der Waals surface area (Å²) >= 11 is 7.50. The van der Waals surface area contributed by atoms with Gasteiger partial charge in [-0.25, -0.2) is 9.59 Å². The van der Waals surface area contributed by atoms with E-state index in [4.69, 9.17) is 16.3 Å². The van der Waals surface area contributed by atoms with Crippen LogP contribution < -0.4 is 5.32 Å². The second kappa shape index (κ2) is 7.62. The number of benzene rings is 1. The van der Waals surface area contributed by atoms with Crippen LogP contribution in [0.4, 0.5) is 10.5 Å². The van der Waals surface area contributed by atoms with E-state index in [0.29, 0.717) is 17.3 Å². The van der Waals surface area contributed by atoms with Crippen molar-refractivity contribution in [2.24, 2.45) is 4.99 Å². The smallest absolute Gasteiger partial charge is 0.407 e. The van der Waals surface area contributed by atoms with Gasteiger partial charge in [0.05, 0.1) is 12.2 Å². The zero-order valence-corrected chi connectivity index (χ0v) is 15.1. The van der Waals surface area contributed by atoms with E-state index in [1.54, 1.807) is 24.3 Å². The molecule has 0 aliphatic carbocycles. The lowest BCUT2D eigenvalue weighted by molar-refractivity contribution is 0.0524. The van der Waals surface area contributed by atoms with Gasteiger partial charge >= 0.3 is 6.09 Å². The topological polar surface area (TPSA) is 67.8 Å². The Hall–Kier alpha value is -2.14. The van der Waals surface area contributed by atoms with Gasteiger partial charge in [-0.15, -0.1) is 11.3 Å². The summed E-state index contributed by atoms with van der Waals surface area (Å²) in [5.74, 6) is 0. The molecule has 0 aliphatic heterocycles. The van der Waals surface area contributed by atoms with E-state index in [0.717, 1.165) is 15.3 Å². The molecule has 1 heterocycles. The molecular formula is C17H17ClN2O3S. The third-order valence-corrected chi connectivity index (χ3v) is 4.21.